The fourth-order valence-electron chi connectivity index (χ4n) is 1.59. The molecule has 1 aromatic heterocycles. The molecule has 6 nitrogen and oxygen atoms in total. The van der Waals surface area contributed by atoms with Gasteiger partial charge < -0.3 is 10.4 Å². The van der Waals surface area contributed by atoms with Crippen molar-refractivity contribution < 1.29 is 14.7 Å². The predicted octanol–water partition coefficient (Wildman–Crippen LogP) is 1.95. The van der Waals surface area contributed by atoms with Gasteiger partial charge in [-0.05, 0) is 19.3 Å². The van der Waals surface area contributed by atoms with Crippen LogP contribution in [0.1, 0.15) is 44.7 Å². The number of aliphatic carboxylic acids is 1. The number of carbonyl (C=O) groups is 2. The number of nitrogens with one attached hydrogen (secondary N) is 2. The van der Waals surface area contributed by atoms with Crippen molar-refractivity contribution in [1.29, 1.82) is 0 Å². The fourth-order valence-corrected chi connectivity index (χ4v) is 1.59. The highest BCUT2D eigenvalue weighted by Crippen LogP contribution is 2.08. The lowest BCUT2D eigenvalue weighted by Gasteiger charge is -2.00. The number of carbonyl (C=O) groups excluding carboxylic acids is 1. The summed E-state index contributed by atoms with van der Waals surface area (Å²) in [5, 5.41) is 18.0. The van der Waals surface area contributed by atoms with Gasteiger partial charge in [0.05, 0.1) is 0 Å². The second kappa shape index (κ2) is 7.47. The molecule has 6 heteroatoms. The molecule has 0 spiro atoms. The predicted molar refractivity (Wildman–Crippen MR) is 67.3 cm³/mol. The van der Waals surface area contributed by atoms with Gasteiger partial charge in [-0.2, -0.15) is 5.10 Å². The zero-order valence-electron chi connectivity index (χ0n) is 10.5. The molecule has 0 aliphatic carbocycles. The Morgan fingerprint density at radius 3 is 2.78 bits per heavy atom. The molecule has 0 fully saturated rings. The van der Waals surface area contributed by atoms with Crippen molar-refractivity contribution in [3.8, 4) is 0 Å². The average Bonchev–Trinajstić information content (AvgIpc) is 2.72. The van der Waals surface area contributed by atoms with Gasteiger partial charge in [-0.15, -0.1) is 0 Å². The van der Waals surface area contributed by atoms with Crippen molar-refractivity contribution in [3.05, 3.63) is 11.8 Å². The van der Waals surface area contributed by atoms with Crippen molar-refractivity contribution in [1.82, 2.24) is 10.2 Å². The lowest BCUT2D eigenvalue weighted by atomic mass is 10.2. The van der Waals surface area contributed by atoms with Crippen molar-refractivity contribution >= 4 is 17.7 Å². The summed E-state index contributed by atoms with van der Waals surface area (Å²) in [7, 11) is 0. The smallest absolute Gasteiger partial charge is 0.303 e. The molecule has 100 valence electrons. The first-order valence-corrected chi connectivity index (χ1v) is 6.17. The normalized spacial score (nSPS) is 10.3. The first-order valence-electron chi connectivity index (χ1n) is 6.17. The zero-order chi connectivity index (χ0) is 13.4. The van der Waals surface area contributed by atoms with Crippen molar-refractivity contribution in [2.75, 3.05) is 5.32 Å². The molecule has 1 amide bonds. The van der Waals surface area contributed by atoms with E-state index in [1.54, 1.807) is 0 Å². The topological polar surface area (TPSA) is 95.1 Å². The monoisotopic (exact) mass is 253 g/mol. The van der Waals surface area contributed by atoms with Gasteiger partial charge in [-0.3, -0.25) is 14.7 Å². The Morgan fingerprint density at radius 1 is 1.39 bits per heavy atom. The summed E-state index contributed by atoms with van der Waals surface area (Å²) < 4.78 is 0. The van der Waals surface area contributed by atoms with Crippen LogP contribution >= 0.6 is 0 Å². The minimum Gasteiger partial charge on any atom is -0.481 e. The molecule has 1 heterocycles. The van der Waals surface area contributed by atoms with Gasteiger partial charge in [0.1, 0.15) is 0 Å². The second-order valence-corrected chi connectivity index (χ2v) is 4.18. The Bertz CT molecular complexity index is 401. The summed E-state index contributed by atoms with van der Waals surface area (Å²) in [6.07, 6.45) is 3.45. The maximum Gasteiger partial charge on any atom is 0.303 e. The minimum absolute atomic E-state index is 0.107. The molecule has 1 aromatic rings. The number of carboxylic acid groups (broad SMARTS) is 1. The maximum atomic E-state index is 11.5. The number of unbranched alkanes of at least 4 members (excludes halogenated alkanes) is 1. The second-order valence-electron chi connectivity index (χ2n) is 4.18. The van der Waals surface area contributed by atoms with Crippen LogP contribution in [0.3, 0.4) is 0 Å². The molecular formula is C12H19N3O3. The number of rotatable bonds is 8. The number of anilines is 1. The summed E-state index contributed by atoms with van der Waals surface area (Å²) >= 11 is 0. The summed E-state index contributed by atoms with van der Waals surface area (Å²) in [6.45, 7) is 2.07. The number of H-pyrrole nitrogens is 1. The van der Waals surface area contributed by atoms with Crippen LogP contribution in [0.2, 0.25) is 0 Å². The molecule has 18 heavy (non-hydrogen) atoms. The summed E-state index contributed by atoms with van der Waals surface area (Å²) in [4.78, 5) is 21.8. The van der Waals surface area contributed by atoms with Gasteiger partial charge in [0.25, 0.3) is 0 Å². The quantitative estimate of drug-likeness (QED) is 0.617. The molecule has 0 saturated carbocycles. The molecule has 3 N–H and O–H groups in total. The van der Waals surface area contributed by atoms with Crippen molar-refractivity contribution in [2.45, 2.75) is 45.4 Å². The minimum atomic E-state index is -0.827. The summed E-state index contributed by atoms with van der Waals surface area (Å²) in [5.41, 5.74) is 0.999. The third-order valence-electron chi connectivity index (χ3n) is 2.46. The molecule has 0 aliphatic heterocycles. The number of nitrogens with zero attached hydrogens (tertiary/aromatic N) is 1. The van der Waals surface area contributed by atoms with Crippen molar-refractivity contribution in [2.24, 2.45) is 0 Å². The number of aromatic amines is 1. The van der Waals surface area contributed by atoms with Gasteiger partial charge in [0.15, 0.2) is 5.82 Å². The van der Waals surface area contributed by atoms with E-state index in [1.807, 2.05) is 6.07 Å². The van der Waals surface area contributed by atoms with E-state index in [0.717, 1.165) is 18.5 Å². The molecule has 0 aromatic carbocycles. The molecule has 1 rings (SSSR count). The average molecular weight is 253 g/mol. The number of aromatic nitrogens is 2. The van der Waals surface area contributed by atoms with E-state index in [1.165, 1.54) is 0 Å². The van der Waals surface area contributed by atoms with Gasteiger partial charge in [0, 0.05) is 24.6 Å². The molecular weight excluding hydrogens is 234 g/mol. The number of amides is 1. The molecule has 0 unspecified atom stereocenters. The first kappa shape index (κ1) is 14.2. The van der Waals surface area contributed by atoms with Gasteiger partial charge in [-0.1, -0.05) is 13.3 Å². The molecule has 0 saturated heterocycles. The van der Waals surface area contributed by atoms with E-state index >= 15 is 0 Å². The molecule has 0 atom stereocenters. The van der Waals surface area contributed by atoms with Crippen LogP contribution in [-0.4, -0.2) is 27.2 Å². The van der Waals surface area contributed by atoms with Gasteiger partial charge >= 0.3 is 5.97 Å². The largest absolute Gasteiger partial charge is 0.481 e. The molecule has 0 radical (unpaired) electrons. The van der Waals surface area contributed by atoms with E-state index in [4.69, 9.17) is 5.11 Å². The maximum absolute atomic E-state index is 11.5. The lowest BCUT2D eigenvalue weighted by Crippen LogP contribution is -2.11. The van der Waals surface area contributed by atoms with Crippen molar-refractivity contribution in [3.63, 3.8) is 0 Å². The molecule has 0 aliphatic rings. The Labute approximate surface area is 106 Å². The summed E-state index contributed by atoms with van der Waals surface area (Å²) in [5.74, 6) is -0.427. The van der Waals surface area contributed by atoms with Gasteiger partial charge in [-0.25, -0.2) is 0 Å². The first-order chi connectivity index (χ1) is 8.61. The van der Waals surface area contributed by atoms with E-state index in [0.29, 0.717) is 25.1 Å². The van der Waals surface area contributed by atoms with Gasteiger partial charge in [0.2, 0.25) is 5.91 Å². The van der Waals surface area contributed by atoms with E-state index < -0.39 is 5.97 Å². The zero-order valence-corrected chi connectivity index (χ0v) is 10.5. The van der Waals surface area contributed by atoms with Crippen LogP contribution in [0.4, 0.5) is 5.82 Å². The Balaban J connectivity index is 2.24. The van der Waals surface area contributed by atoms with E-state index in [-0.39, 0.29) is 12.3 Å². The Kier molecular flexibility index (Phi) is 5.90. The van der Waals surface area contributed by atoms with Crippen LogP contribution in [0.5, 0.6) is 0 Å². The van der Waals surface area contributed by atoms with Crippen LogP contribution in [0.15, 0.2) is 6.07 Å². The highest BCUT2D eigenvalue weighted by Gasteiger charge is 2.06. The summed E-state index contributed by atoms with van der Waals surface area (Å²) in [6, 6.07) is 1.82. The van der Waals surface area contributed by atoms with Crippen LogP contribution in [0.25, 0.3) is 0 Å². The van der Waals surface area contributed by atoms with E-state index in [2.05, 4.69) is 22.4 Å². The Hall–Kier alpha value is -1.85. The van der Waals surface area contributed by atoms with E-state index in [9.17, 15) is 9.59 Å². The fraction of sp³-hybridized carbons (Fsp3) is 0.583. The SMILES string of the molecule is CCCc1cc(NC(=O)CCCCC(=O)O)n[nH]1. The highest BCUT2D eigenvalue weighted by molar-refractivity contribution is 5.89. The third-order valence-corrected chi connectivity index (χ3v) is 2.46. The number of carboxylic acids is 1. The van der Waals surface area contributed by atoms with Crippen LogP contribution in [-0.2, 0) is 16.0 Å². The number of hydrogen-bond donors (Lipinski definition) is 3. The third kappa shape index (κ3) is 5.47. The highest BCUT2D eigenvalue weighted by atomic mass is 16.4. The number of hydrogen-bond acceptors (Lipinski definition) is 3. The Morgan fingerprint density at radius 2 is 2.11 bits per heavy atom. The van der Waals surface area contributed by atoms with Crippen LogP contribution < -0.4 is 5.32 Å². The molecule has 0 bridgehead atoms. The van der Waals surface area contributed by atoms with Crippen LogP contribution in [0, 0.1) is 0 Å². The standard InChI is InChI=1S/C12H19N3O3/c1-2-5-9-8-10(15-14-9)13-11(16)6-3-4-7-12(17)18/h8H,2-7H2,1H3,(H,17,18)(H2,13,14,15,16). The number of aryl methyl sites for hydroxylation is 1. The lowest BCUT2D eigenvalue weighted by molar-refractivity contribution is -0.137.